The van der Waals surface area contributed by atoms with Crippen molar-refractivity contribution in [2.24, 2.45) is 0 Å². The van der Waals surface area contributed by atoms with Crippen molar-refractivity contribution in [3.8, 4) is 45.8 Å². The number of hydrogen-bond acceptors (Lipinski definition) is 17. The molecule has 0 saturated carbocycles. The van der Waals surface area contributed by atoms with E-state index in [0.717, 1.165) is 6.07 Å². The minimum Gasteiger partial charge on any atom is -0.507 e. The molecule has 46 heavy (non-hydrogen) atoms. The molecule has 1 aromatic heterocycles. The maximum Gasteiger partial charge on any atom is 0.239 e. The predicted octanol–water partition coefficient (Wildman–Crippen LogP) is -1.38. The van der Waals surface area contributed by atoms with Gasteiger partial charge in [-0.1, -0.05) is 0 Å². The van der Waals surface area contributed by atoms with Crippen molar-refractivity contribution in [2.45, 2.75) is 68.3 Å². The maximum atomic E-state index is 13.9. The predicted molar refractivity (Wildman–Crippen MR) is 152 cm³/mol. The zero-order chi connectivity index (χ0) is 33.6. The quantitative estimate of drug-likeness (QED) is 0.135. The molecule has 5 rings (SSSR count). The highest BCUT2D eigenvalue weighted by Crippen LogP contribution is 2.44. The van der Waals surface area contributed by atoms with Crippen LogP contribution in [0.4, 0.5) is 0 Å². The average Bonchev–Trinajstić information content (AvgIpc) is 3.03. The third kappa shape index (κ3) is 5.88. The number of aromatic hydroxyl groups is 3. The van der Waals surface area contributed by atoms with Crippen LogP contribution >= 0.6 is 0 Å². The molecule has 10 atom stereocenters. The summed E-state index contributed by atoms with van der Waals surface area (Å²) in [5, 5.41) is 92.8. The summed E-state index contributed by atoms with van der Waals surface area (Å²) in [6, 6.07) is 4.65. The van der Waals surface area contributed by atoms with E-state index < -0.39 is 96.1 Å². The van der Waals surface area contributed by atoms with E-state index in [0.29, 0.717) is 0 Å². The monoisotopic (exact) mass is 654 g/mol. The second-order valence-electron chi connectivity index (χ2n) is 10.8. The highest BCUT2D eigenvalue weighted by Gasteiger charge is 2.48. The van der Waals surface area contributed by atoms with Gasteiger partial charge in [-0.25, -0.2) is 0 Å². The van der Waals surface area contributed by atoms with Crippen molar-refractivity contribution < 1.29 is 78.8 Å². The van der Waals surface area contributed by atoms with Gasteiger partial charge in [-0.05, 0) is 25.1 Å². The Morgan fingerprint density at radius 1 is 0.739 bits per heavy atom. The molecule has 9 N–H and O–H groups in total. The fourth-order valence-electron chi connectivity index (χ4n) is 5.22. The van der Waals surface area contributed by atoms with Crippen LogP contribution in [0.3, 0.4) is 0 Å². The van der Waals surface area contributed by atoms with E-state index in [1.807, 2.05) is 0 Å². The summed E-state index contributed by atoms with van der Waals surface area (Å²) in [5.74, 6) is -2.95. The lowest BCUT2D eigenvalue weighted by Gasteiger charge is -2.42. The number of phenols is 3. The van der Waals surface area contributed by atoms with Crippen LogP contribution in [0.15, 0.2) is 33.5 Å². The Hall–Kier alpha value is -3.91. The molecule has 17 nitrogen and oxygen atoms in total. The van der Waals surface area contributed by atoms with Crippen LogP contribution in [0.25, 0.3) is 22.3 Å². The highest BCUT2D eigenvalue weighted by atomic mass is 16.7. The van der Waals surface area contributed by atoms with Crippen LogP contribution in [0.1, 0.15) is 6.92 Å². The Balaban J connectivity index is 1.53. The third-order valence-corrected chi connectivity index (χ3v) is 7.82. The molecule has 2 aliphatic rings. The molecule has 17 heteroatoms. The molecule has 2 aromatic carbocycles. The van der Waals surface area contributed by atoms with Crippen LogP contribution in [0.2, 0.25) is 0 Å². The number of benzene rings is 2. The van der Waals surface area contributed by atoms with E-state index in [1.165, 1.54) is 39.3 Å². The number of methoxy groups -OCH3 is 2. The first-order chi connectivity index (χ1) is 21.8. The number of aliphatic hydroxyl groups is 6. The van der Waals surface area contributed by atoms with E-state index in [4.69, 9.17) is 32.8 Å². The van der Waals surface area contributed by atoms with Crippen molar-refractivity contribution in [3.63, 3.8) is 0 Å². The topological polar surface area (TPSA) is 268 Å². The molecular weight excluding hydrogens is 620 g/mol. The summed E-state index contributed by atoms with van der Waals surface area (Å²) in [4.78, 5) is 13.9. The van der Waals surface area contributed by atoms with Gasteiger partial charge in [0.05, 0.1) is 26.9 Å². The van der Waals surface area contributed by atoms with Gasteiger partial charge < -0.3 is 78.8 Å². The first kappa shape index (κ1) is 33.5. The number of hydrogen-bond donors (Lipinski definition) is 9. The summed E-state index contributed by atoms with van der Waals surface area (Å²) >= 11 is 0. The lowest BCUT2D eigenvalue weighted by atomic mass is 9.98. The summed E-state index contributed by atoms with van der Waals surface area (Å²) in [7, 11) is 2.45. The van der Waals surface area contributed by atoms with Crippen LogP contribution in [0.5, 0.6) is 34.5 Å². The Morgan fingerprint density at radius 2 is 1.41 bits per heavy atom. The van der Waals surface area contributed by atoms with Crippen LogP contribution in [-0.2, 0) is 14.2 Å². The van der Waals surface area contributed by atoms with E-state index >= 15 is 0 Å². The lowest BCUT2D eigenvalue weighted by molar-refractivity contribution is -0.318. The summed E-state index contributed by atoms with van der Waals surface area (Å²) in [5.41, 5.74) is -1.36. The zero-order valence-corrected chi connectivity index (χ0v) is 24.6. The minimum absolute atomic E-state index is 0.0410. The van der Waals surface area contributed by atoms with Crippen molar-refractivity contribution in [3.05, 3.63) is 34.5 Å². The molecule has 0 radical (unpaired) electrons. The standard InChI is InChI=1S/C29H34O17/c1-9-17(33)20(36)22(38)28(43-9)42-8-15-18(34)21(37)23(39)29(44-15)46-27-19(35)16-12(31)7-13(32)25(41-3)26(16)45-24(27)10-4-5-11(30)14(6-10)40-2/h4-7,9,15,17-18,20-23,28-34,36-39H,8H2,1-3H3/t9-,15-,17+,18+,20+,21+,22-,23-,28-,29+/m1/s1. The number of phenolic OH excluding ortho intramolecular Hbond substituents is 3. The molecule has 0 bridgehead atoms. The molecule has 2 saturated heterocycles. The molecule has 0 amide bonds. The van der Waals surface area contributed by atoms with Gasteiger partial charge >= 0.3 is 0 Å². The second-order valence-corrected chi connectivity index (χ2v) is 10.8. The van der Waals surface area contributed by atoms with E-state index in [1.54, 1.807) is 0 Å². The molecule has 2 aliphatic heterocycles. The Bertz CT molecular complexity index is 1620. The molecule has 2 fully saturated rings. The highest BCUT2D eigenvalue weighted by molar-refractivity contribution is 5.93. The molecule has 3 heterocycles. The summed E-state index contributed by atoms with van der Waals surface area (Å²) < 4.78 is 38.6. The van der Waals surface area contributed by atoms with Crippen LogP contribution in [-0.4, -0.2) is 128 Å². The van der Waals surface area contributed by atoms with Crippen molar-refractivity contribution in [1.82, 2.24) is 0 Å². The van der Waals surface area contributed by atoms with Crippen molar-refractivity contribution >= 4 is 11.0 Å². The maximum absolute atomic E-state index is 13.9. The van der Waals surface area contributed by atoms with E-state index in [9.17, 15) is 50.8 Å². The third-order valence-electron chi connectivity index (χ3n) is 7.82. The number of rotatable bonds is 8. The molecule has 0 unspecified atom stereocenters. The smallest absolute Gasteiger partial charge is 0.239 e. The molecule has 3 aromatic rings. The van der Waals surface area contributed by atoms with Crippen LogP contribution in [0, 0.1) is 0 Å². The average molecular weight is 655 g/mol. The van der Waals surface area contributed by atoms with Gasteiger partial charge in [-0.3, -0.25) is 4.79 Å². The van der Waals surface area contributed by atoms with Gasteiger partial charge in [0.2, 0.25) is 23.2 Å². The van der Waals surface area contributed by atoms with E-state index in [2.05, 4.69) is 0 Å². The van der Waals surface area contributed by atoms with Gasteiger partial charge in [0.25, 0.3) is 0 Å². The fraction of sp³-hybridized carbons (Fsp3) is 0.483. The van der Waals surface area contributed by atoms with Crippen molar-refractivity contribution in [1.29, 1.82) is 0 Å². The minimum atomic E-state index is -1.97. The summed E-state index contributed by atoms with van der Waals surface area (Å²) in [6.45, 7) is 0.824. The Kier molecular flexibility index (Phi) is 9.50. The zero-order valence-electron chi connectivity index (χ0n) is 24.6. The molecule has 252 valence electrons. The van der Waals surface area contributed by atoms with Gasteiger partial charge in [-0.2, -0.15) is 0 Å². The van der Waals surface area contributed by atoms with Gasteiger partial charge in [0, 0.05) is 11.6 Å². The van der Waals surface area contributed by atoms with Gasteiger partial charge in [0.15, 0.2) is 34.9 Å². The van der Waals surface area contributed by atoms with E-state index in [-0.39, 0.29) is 34.2 Å². The molecular formula is C29H34O17. The van der Waals surface area contributed by atoms with Gasteiger partial charge in [-0.15, -0.1) is 0 Å². The first-order valence-corrected chi connectivity index (χ1v) is 13.9. The largest absolute Gasteiger partial charge is 0.507 e. The number of ether oxygens (including phenoxy) is 6. The molecule has 0 aliphatic carbocycles. The Morgan fingerprint density at radius 3 is 2.09 bits per heavy atom. The van der Waals surface area contributed by atoms with Gasteiger partial charge in [0.1, 0.15) is 53.9 Å². The first-order valence-electron chi connectivity index (χ1n) is 13.9. The number of fused-ring (bicyclic) bond motifs is 1. The molecule has 0 spiro atoms. The number of aliphatic hydroxyl groups excluding tert-OH is 6. The fourth-order valence-corrected chi connectivity index (χ4v) is 5.22. The Labute approximate surface area is 259 Å². The SMILES string of the molecule is COc1cc(-c2oc3c(OC)c(O)cc(O)c3c(=O)c2O[C@@H]2O[C@H](CO[C@@H]3O[C@H](C)[C@H](O)[C@H](O)[C@H]3O)[C@H](O)[C@H](O)[C@H]2O)ccc1O. The lowest BCUT2D eigenvalue weighted by Crippen LogP contribution is -2.61. The second kappa shape index (κ2) is 13.1. The van der Waals surface area contributed by atoms with Crippen LogP contribution < -0.4 is 19.6 Å². The van der Waals surface area contributed by atoms with Crippen molar-refractivity contribution in [2.75, 3.05) is 20.8 Å². The summed E-state index contributed by atoms with van der Waals surface area (Å²) in [6.07, 6.45) is -16.2. The normalized spacial score (nSPS) is 31.5.